The van der Waals surface area contributed by atoms with Crippen molar-refractivity contribution in [1.82, 2.24) is 5.32 Å². The molecule has 0 bridgehead atoms. The number of hydrogen-bond donors (Lipinski definition) is 2. The molecule has 1 amide bonds. The van der Waals surface area contributed by atoms with Crippen molar-refractivity contribution in [2.75, 3.05) is 6.54 Å². The zero-order valence-electron chi connectivity index (χ0n) is 12.0. The number of aryl methyl sites for hydroxylation is 2. The molecule has 0 spiro atoms. The van der Waals surface area contributed by atoms with Gasteiger partial charge in [-0.05, 0) is 49.6 Å². The number of nitrogens with one attached hydrogen (secondary N) is 1. The smallest absolute Gasteiger partial charge is 0.335 e. The van der Waals surface area contributed by atoms with Crippen molar-refractivity contribution < 1.29 is 14.7 Å². The van der Waals surface area contributed by atoms with Crippen molar-refractivity contribution in [3.63, 3.8) is 0 Å². The van der Waals surface area contributed by atoms with Gasteiger partial charge in [-0.3, -0.25) is 4.79 Å². The number of thiophene rings is 1. The molecular formula is C16H17NO3S. The molecule has 2 aromatic rings. The summed E-state index contributed by atoms with van der Waals surface area (Å²) in [6.07, 6.45) is 0.607. The molecule has 4 nitrogen and oxygen atoms in total. The van der Waals surface area contributed by atoms with E-state index in [-0.39, 0.29) is 11.5 Å². The fourth-order valence-corrected chi connectivity index (χ4v) is 2.90. The summed E-state index contributed by atoms with van der Waals surface area (Å²) >= 11 is 1.49. The summed E-state index contributed by atoms with van der Waals surface area (Å²) < 4.78 is 0. The first-order chi connectivity index (χ1) is 9.97. The molecule has 0 aliphatic heterocycles. The number of rotatable bonds is 5. The molecule has 5 heteroatoms. The van der Waals surface area contributed by atoms with E-state index in [1.807, 2.05) is 26.0 Å². The third kappa shape index (κ3) is 3.92. The highest BCUT2D eigenvalue weighted by molar-refractivity contribution is 7.14. The largest absolute Gasteiger partial charge is 0.478 e. The first-order valence-corrected chi connectivity index (χ1v) is 7.46. The summed E-state index contributed by atoms with van der Waals surface area (Å²) in [6, 6.07) is 8.65. The Morgan fingerprint density at radius 3 is 2.62 bits per heavy atom. The highest BCUT2D eigenvalue weighted by Gasteiger charge is 2.10. The van der Waals surface area contributed by atoms with Crippen LogP contribution in [0.2, 0.25) is 0 Å². The normalized spacial score (nSPS) is 10.4. The minimum Gasteiger partial charge on any atom is -0.478 e. The SMILES string of the molecule is Cc1cc(C(=O)NCCc2cccc(C(=O)O)c2)sc1C. The fourth-order valence-electron chi connectivity index (χ4n) is 1.95. The molecule has 1 aromatic heterocycles. The highest BCUT2D eigenvalue weighted by Crippen LogP contribution is 2.20. The lowest BCUT2D eigenvalue weighted by atomic mass is 10.1. The van der Waals surface area contributed by atoms with Crippen LogP contribution in [0.25, 0.3) is 0 Å². The van der Waals surface area contributed by atoms with Gasteiger partial charge >= 0.3 is 5.97 Å². The maximum atomic E-state index is 12.0. The fraction of sp³-hybridized carbons (Fsp3) is 0.250. The molecule has 110 valence electrons. The van der Waals surface area contributed by atoms with Crippen LogP contribution < -0.4 is 5.32 Å². The number of benzene rings is 1. The Kier molecular flexibility index (Phi) is 4.75. The first-order valence-electron chi connectivity index (χ1n) is 6.65. The van der Waals surface area contributed by atoms with Gasteiger partial charge in [0, 0.05) is 11.4 Å². The molecule has 1 aromatic carbocycles. The van der Waals surface area contributed by atoms with Crippen LogP contribution in [-0.4, -0.2) is 23.5 Å². The molecule has 2 rings (SSSR count). The number of hydrogen-bond acceptors (Lipinski definition) is 3. The number of aromatic carboxylic acids is 1. The van der Waals surface area contributed by atoms with Crippen molar-refractivity contribution in [1.29, 1.82) is 0 Å². The van der Waals surface area contributed by atoms with Crippen LogP contribution in [0.1, 0.15) is 36.0 Å². The summed E-state index contributed by atoms with van der Waals surface area (Å²) in [4.78, 5) is 24.7. The number of amides is 1. The molecule has 0 radical (unpaired) electrons. The lowest BCUT2D eigenvalue weighted by Gasteiger charge is -2.05. The van der Waals surface area contributed by atoms with Crippen LogP contribution in [0, 0.1) is 13.8 Å². The third-order valence-corrected chi connectivity index (χ3v) is 4.41. The van der Waals surface area contributed by atoms with E-state index in [4.69, 9.17) is 5.11 Å². The Morgan fingerprint density at radius 1 is 1.24 bits per heavy atom. The van der Waals surface area contributed by atoms with Gasteiger partial charge < -0.3 is 10.4 Å². The van der Waals surface area contributed by atoms with Crippen LogP contribution in [0.3, 0.4) is 0 Å². The van der Waals surface area contributed by atoms with Crippen molar-refractivity contribution in [3.05, 3.63) is 56.8 Å². The Hall–Kier alpha value is -2.14. The van der Waals surface area contributed by atoms with Gasteiger partial charge in [0.15, 0.2) is 0 Å². The summed E-state index contributed by atoms with van der Waals surface area (Å²) in [6.45, 7) is 4.46. The maximum Gasteiger partial charge on any atom is 0.335 e. The van der Waals surface area contributed by atoms with E-state index in [2.05, 4.69) is 5.32 Å². The van der Waals surface area contributed by atoms with E-state index in [0.717, 1.165) is 16.0 Å². The zero-order chi connectivity index (χ0) is 15.4. The van der Waals surface area contributed by atoms with Gasteiger partial charge in [-0.25, -0.2) is 4.79 Å². The second kappa shape index (κ2) is 6.54. The molecule has 0 saturated carbocycles. The molecule has 21 heavy (non-hydrogen) atoms. The van der Waals surface area contributed by atoms with Gasteiger partial charge in [-0.15, -0.1) is 11.3 Å². The van der Waals surface area contributed by atoms with E-state index in [9.17, 15) is 9.59 Å². The number of carboxylic acids is 1. The Bertz CT molecular complexity index is 656. The minimum atomic E-state index is -0.939. The number of carbonyl (C=O) groups is 2. The minimum absolute atomic E-state index is 0.0782. The molecule has 0 aliphatic carbocycles. The van der Waals surface area contributed by atoms with Gasteiger partial charge in [0.05, 0.1) is 10.4 Å². The van der Waals surface area contributed by atoms with Crippen LogP contribution in [0.5, 0.6) is 0 Å². The Labute approximate surface area is 127 Å². The Morgan fingerprint density at radius 2 is 2.00 bits per heavy atom. The van der Waals surface area contributed by atoms with Gasteiger partial charge in [0.1, 0.15) is 0 Å². The first kappa shape index (κ1) is 15.3. The topological polar surface area (TPSA) is 66.4 Å². The number of carboxylic acid groups (broad SMARTS) is 1. The monoisotopic (exact) mass is 303 g/mol. The average molecular weight is 303 g/mol. The molecule has 0 fully saturated rings. The quantitative estimate of drug-likeness (QED) is 0.892. The van der Waals surface area contributed by atoms with Gasteiger partial charge in [0.2, 0.25) is 0 Å². The van der Waals surface area contributed by atoms with Gasteiger partial charge in [-0.2, -0.15) is 0 Å². The summed E-state index contributed by atoms with van der Waals surface area (Å²) in [5.41, 5.74) is 2.29. The lowest BCUT2D eigenvalue weighted by molar-refractivity contribution is 0.0696. The summed E-state index contributed by atoms with van der Waals surface area (Å²) in [5, 5.41) is 11.8. The average Bonchev–Trinajstić information content (AvgIpc) is 2.79. The second-order valence-electron chi connectivity index (χ2n) is 4.86. The predicted octanol–water partition coefficient (Wildman–Crippen LogP) is 3.04. The van der Waals surface area contributed by atoms with Crippen LogP contribution in [0.15, 0.2) is 30.3 Å². The maximum absolute atomic E-state index is 12.0. The number of carbonyl (C=O) groups excluding carboxylic acids is 1. The summed E-state index contributed by atoms with van der Waals surface area (Å²) in [5.74, 6) is -1.02. The zero-order valence-corrected chi connectivity index (χ0v) is 12.8. The molecule has 0 aliphatic rings. The van der Waals surface area contributed by atoms with Crippen LogP contribution in [0.4, 0.5) is 0 Å². The van der Waals surface area contributed by atoms with Crippen LogP contribution in [-0.2, 0) is 6.42 Å². The van der Waals surface area contributed by atoms with E-state index >= 15 is 0 Å². The van der Waals surface area contributed by atoms with Crippen molar-refractivity contribution >= 4 is 23.2 Å². The van der Waals surface area contributed by atoms with E-state index in [0.29, 0.717) is 17.8 Å². The molecule has 2 N–H and O–H groups in total. The van der Waals surface area contributed by atoms with Crippen molar-refractivity contribution in [3.8, 4) is 0 Å². The van der Waals surface area contributed by atoms with Crippen molar-refractivity contribution in [2.45, 2.75) is 20.3 Å². The summed E-state index contributed by atoms with van der Waals surface area (Å²) in [7, 11) is 0. The highest BCUT2D eigenvalue weighted by atomic mass is 32.1. The Balaban J connectivity index is 1.91. The van der Waals surface area contributed by atoms with Gasteiger partial charge in [-0.1, -0.05) is 12.1 Å². The van der Waals surface area contributed by atoms with Gasteiger partial charge in [0.25, 0.3) is 5.91 Å². The molecule has 0 atom stereocenters. The van der Waals surface area contributed by atoms with E-state index in [1.54, 1.807) is 18.2 Å². The van der Waals surface area contributed by atoms with Crippen molar-refractivity contribution in [2.24, 2.45) is 0 Å². The molecule has 0 unspecified atom stereocenters. The standard InChI is InChI=1S/C16H17NO3S/c1-10-8-14(21-11(10)2)15(18)17-7-6-12-4-3-5-13(9-12)16(19)20/h3-5,8-9H,6-7H2,1-2H3,(H,17,18)(H,19,20). The van der Waals surface area contributed by atoms with E-state index in [1.165, 1.54) is 11.3 Å². The molecule has 0 saturated heterocycles. The second-order valence-corrected chi connectivity index (χ2v) is 6.12. The predicted molar refractivity (Wildman–Crippen MR) is 83.2 cm³/mol. The molecular weight excluding hydrogens is 286 g/mol. The lowest BCUT2D eigenvalue weighted by Crippen LogP contribution is -2.24. The van der Waals surface area contributed by atoms with Crippen LogP contribution >= 0.6 is 11.3 Å². The van der Waals surface area contributed by atoms with E-state index < -0.39 is 5.97 Å². The molecule has 1 heterocycles. The third-order valence-electron chi connectivity index (χ3n) is 3.26.